The van der Waals surface area contributed by atoms with Crippen LogP contribution in [-0.2, 0) is 0 Å². The van der Waals surface area contributed by atoms with Gasteiger partial charge in [-0.3, -0.25) is 4.98 Å². The Morgan fingerprint density at radius 3 is 2.81 bits per heavy atom. The normalized spacial score (nSPS) is 10.4. The van der Waals surface area contributed by atoms with Crippen molar-refractivity contribution in [2.45, 2.75) is 0 Å². The van der Waals surface area contributed by atoms with Crippen LogP contribution in [0.15, 0.2) is 54.7 Å². The first-order chi connectivity index (χ1) is 12.7. The lowest BCUT2D eigenvalue weighted by Crippen LogP contribution is -2.32. The number of ether oxygens (including phenoxy) is 2. The molecule has 0 bridgehead atoms. The standard InChI is InChI=1S/C19H18ClN3O3/c1-25-16-8-7-14(12-15(16)20)23-19(24)22-10-11-26-17-6-2-4-13-5-3-9-21-18(13)17/h2-9,12H,10-11H2,1H3,(H2,22,23,24). The summed E-state index contributed by atoms with van der Waals surface area (Å²) in [7, 11) is 1.53. The number of methoxy groups -OCH3 is 1. The van der Waals surface area contributed by atoms with Crippen molar-refractivity contribution < 1.29 is 14.3 Å². The molecule has 2 amide bonds. The molecule has 7 heteroatoms. The number of carbonyl (C=O) groups is 1. The van der Waals surface area contributed by atoms with Crippen LogP contribution in [-0.4, -0.2) is 31.3 Å². The smallest absolute Gasteiger partial charge is 0.319 e. The van der Waals surface area contributed by atoms with Gasteiger partial charge in [0.1, 0.15) is 23.6 Å². The topological polar surface area (TPSA) is 72.5 Å². The van der Waals surface area contributed by atoms with Crippen molar-refractivity contribution in [3.8, 4) is 11.5 Å². The quantitative estimate of drug-likeness (QED) is 0.640. The van der Waals surface area contributed by atoms with Gasteiger partial charge in [-0.2, -0.15) is 0 Å². The van der Waals surface area contributed by atoms with Gasteiger partial charge in [-0.1, -0.05) is 29.8 Å². The summed E-state index contributed by atoms with van der Waals surface area (Å²) >= 11 is 6.03. The first kappa shape index (κ1) is 17.8. The number of carbonyl (C=O) groups excluding carboxylic acids is 1. The van der Waals surface area contributed by atoms with Crippen molar-refractivity contribution in [3.63, 3.8) is 0 Å². The number of hydrogen-bond donors (Lipinski definition) is 2. The number of benzene rings is 2. The highest BCUT2D eigenvalue weighted by molar-refractivity contribution is 6.32. The predicted molar refractivity (Wildman–Crippen MR) is 102 cm³/mol. The summed E-state index contributed by atoms with van der Waals surface area (Å²) < 4.78 is 10.8. The molecule has 1 heterocycles. The molecule has 134 valence electrons. The number of nitrogens with one attached hydrogen (secondary N) is 2. The van der Waals surface area contributed by atoms with Gasteiger partial charge in [-0.05, 0) is 30.3 Å². The van der Waals surface area contributed by atoms with E-state index in [0.29, 0.717) is 35.4 Å². The van der Waals surface area contributed by atoms with Crippen LogP contribution in [0.4, 0.5) is 10.5 Å². The minimum absolute atomic E-state index is 0.326. The van der Waals surface area contributed by atoms with Crippen LogP contribution < -0.4 is 20.1 Å². The van der Waals surface area contributed by atoms with Crippen LogP contribution in [0, 0.1) is 0 Å². The van der Waals surface area contributed by atoms with Gasteiger partial charge in [0.25, 0.3) is 0 Å². The third-order valence-electron chi connectivity index (χ3n) is 3.65. The summed E-state index contributed by atoms with van der Waals surface area (Å²) in [5.41, 5.74) is 1.37. The molecule has 2 aromatic carbocycles. The molecule has 0 saturated heterocycles. The molecule has 26 heavy (non-hydrogen) atoms. The average Bonchev–Trinajstić information content (AvgIpc) is 2.65. The highest BCUT2D eigenvalue weighted by Crippen LogP contribution is 2.27. The van der Waals surface area contributed by atoms with Gasteiger partial charge in [-0.15, -0.1) is 0 Å². The molecule has 0 radical (unpaired) electrons. The Balaban J connectivity index is 1.49. The van der Waals surface area contributed by atoms with E-state index < -0.39 is 0 Å². The van der Waals surface area contributed by atoms with Gasteiger partial charge in [-0.25, -0.2) is 4.79 Å². The molecule has 1 aromatic heterocycles. The van der Waals surface area contributed by atoms with Crippen molar-refractivity contribution in [1.29, 1.82) is 0 Å². The fraction of sp³-hybridized carbons (Fsp3) is 0.158. The second-order valence-corrected chi connectivity index (χ2v) is 5.82. The van der Waals surface area contributed by atoms with Crippen LogP contribution in [0.2, 0.25) is 5.02 Å². The van der Waals surface area contributed by atoms with Gasteiger partial charge in [0.15, 0.2) is 0 Å². The summed E-state index contributed by atoms with van der Waals surface area (Å²) in [5, 5.41) is 6.87. The molecule has 0 aliphatic carbocycles. The van der Waals surface area contributed by atoms with E-state index in [1.54, 1.807) is 24.4 Å². The predicted octanol–water partition coefficient (Wildman–Crippen LogP) is 4.10. The van der Waals surface area contributed by atoms with E-state index in [9.17, 15) is 4.79 Å². The zero-order valence-electron chi connectivity index (χ0n) is 14.2. The number of aromatic nitrogens is 1. The van der Waals surface area contributed by atoms with Crippen LogP contribution in [0.5, 0.6) is 11.5 Å². The fourth-order valence-electron chi connectivity index (χ4n) is 2.44. The molecular weight excluding hydrogens is 354 g/mol. The Morgan fingerprint density at radius 1 is 1.15 bits per heavy atom. The highest BCUT2D eigenvalue weighted by atomic mass is 35.5. The maximum atomic E-state index is 11.9. The zero-order chi connectivity index (χ0) is 18.4. The highest BCUT2D eigenvalue weighted by Gasteiger charge is 2.06. The maximum Gasteiger partial charge on any atom is 0.319 e. The van der Waals surface area contributed by atoms with E-state index >= 15 is 0 Å². The second-order valence-electron chi connectivity index (χ2n) is 5.41. The van der Waals surface area contributed by atoms with Gasteiger partial charge in [0.05, 0.1) is 18.7 Å². The second kappa shape index (κ2) is 8.40. The molecule has 3 aromatic rings. The Morgan fingerprint density at radius 2 is 2.00 bits per heavy atom. The summed E-state index contributed by atoms with van der Waals surface area (Å²) in [6, 6.07) is 14.3. The molecule has 3 rings (SSSR count). The van der Waals surface area contributed by atoms with E-state index in [2.05, 4.69) is 15.6 Å². The SMILES string of the molecule is COc1ccc(NC(=O)NCCOc2cccc3cccnc23)cc1Cl. The lowest BCUT2D eigenvalue weighted by atomic mass is 10.2. The third kappa shape index (κ3) is 4.34. The number of fused-ring (bicyclic) bond motifs is 1. The lowest BCUT2D eigenvalue weighted by Gasteiger charge is -2.11. The van der Waals surface area contributed by atoms with E-state index in [1.165, 1.54) is 7.11 Å². The van der Waals surface area contributed by atoms with Gasteiger partial charge in [0, 0.05) is 17.3 Å². The van der Waals surface area contributed by atoms with Gasteiger partial charge in [0.2, 0.25) is 0 Å². The van der Waals surface area contributed by atoms with Crippen LogP contribution in [0.25, 0.3) is 10.9 Å². The molecule has 0 aliphatic heterocycles. The number of halogens is 1. The van der Waals surface area contributed by atoms with Crippen molar-refractivity contribution in [2.24, 2.45) is 0 Å². The molecule has 6 nitrogen and oxygen atoms in total. The molecule has 0 spiro atoms. The molecule has 0 atom stereocenters. The summed E-state index contributed by atoms with van der Waals surface area (Å²) in [5.74, 6) is 1.24. The first-order valence-electron chi connectivity index (χ1n) is 8.02. The Kier molecular flexibility index (Phi) is 5.76. The number of hydrogen-bond acceptors (Lipinski definition) is 4. The maximum absolute atomic E-state index is 11.9. The summed E-state index contributed by atoms with van der Waals surface area (Å²) in [4.78, 5) is 16.3. The molecular formula is C19H18ClN3O3. The number of pyridine rings is 1. The van der Waals surface area contributed by atoms with Crippen molar-refractivity contribution in [1.82, 2.24) is 10.3 Å². The number of amides is 2. The molecule has 2 N–H and O–H groups in total. The summed E-state index contributed by atoms with van der Waals surface area (Å²) in [6.07, 6.45) is 1.72. The average molecular weight is 372 g/mol. The number of para-hydroxylation sites is 1. The third-order valence-corrected chi connectivity index (χ3v) is 3.95. The first-order valence-corrected chi connectivity index (χ1v) is 8.40. The zero-order valence-corrected chi connectivity index (χ0v) is 14.9. The fourth-order valence-corrected chi connectivity index (χ4v) is 2.70. The van der Waals surface area contributed by atoms with E-state index in [-0.39, 0.29) is 6.03 Å². The molecule has 0 fully saturated rings. The Bertz CT molecular complexity index is 912. The number of anilines is 1. The number of rotatable bonds is 6. The minimum atomic E-state index is -0.342. The van der Waals surface area contributed by atoms with Gasteiger partial charge >= 0.3 is 6.03 Å². The van der Waals surface area contributed by atoms with Crippen LogP contribution >= 0.6 is 11.6 Å². The molecule has 0 aliphatic rings. The Hall–Kier alpha value is -2.99. The van der Waals surface area contributed by atoms with Crippen LogP contribution in [0.1, 0.15) is 0 Å². The summed E-state index contributed by atoms with van der Waals surface area (Å²) in [6.45, 7) is 0.672. The molecule has 0 unspecified atom stereocenters. The van der Waals surface area contributed by atoms with Crippen LogP contribution in [0.3, 0.4) is 0 Å². The van der Waals surface area contributed by atoms with Crippen molar-refractivity contribution >= 4 is 34.2 Å². The minimum Gasteiger partial charge on any atom is -0.495 e. The van der Waals surface area contributed by atoms with E-state index in [0.717, 1.165) is 10.9 Å². The van der Waals surface area contributed by atoms with Crippen molar-refractivity contribution in [2.75, 3.05) is 25.6 Å². The number of nitrogens with zero attached hydrogens (tertiary/aromatic N) is 1. The van der Waals surface area contributed by atoms with E-state index in [4.69, 9.17) is 21.1 Å². The largest absolute Gasteiger partial charge is 0.495 e. The van der Waals surface area contributed by atoms with E-state index in [1.807, 2.05) is 30.3 Å². The molecule has 0 saturated carbocycles. The monoisotopic (exact) mass is 371 g/mol. The lowest BCUT2D eigenvalue weighted by molar-refractivity contribution is 0.247. The van der Waals surface area contributed by atoms with Crippen molar-refractivity contribution in [3.05, 3.63) is 59.8 Å². The Labute approximate surface area is 156 Å². The van der Waals surface area contributed by atoms with Gasteiger partial charge < -0.3 is 20.1 Å². The number of urea groups is 1.